The van der Waals surface area contributed by atoms with Crippen LogP contribution in [0, 0.1) is 0 Å². The molecule has 14 heavy (non-hydrogen) atoms. The number of hydroxylamine groups is 1. The van der Waals surface area contributed by atoms with E-state index in [2.05, 4.69) is 22.2 Å². The van der Waals surface area contributed by atoms with E-state index < -0.39 is 12.1 Å². The molecule has 0 aromatic rings. The predicted octanol–water partition coefficient (Wildman–Crippen LogP) is -0.0337. The van der Waals surface area contributed by atoms with Gasteiger partial charge in [0.05, 0.1) is 6.54 Å². The maximum atomic E-state index is 10.8. The first-order valence-corrected chi connectivity index (χ1v) is 4.02. The van der Waals surface area contributed by atoms with Crippen LogP contribution in [0.4, 0.5) is 4.79 Å². The van der Waals surface area contributed by atoms with E-state index in [1.807, 2.05) is 0 Å². The van der Waals surface area contributed by atoms with Crippen molar-refractivity contribution in [2.75, 3.05) is 20.2 Å². The summed E-state index contributed by atoms with van der Waals surface area (Å²) in [5.41, 5.74) is 2.52. The molecule has 0 bridgehead atoms. The molecular weight excluding hydrogens is 188 g/mol. The number of nitrogens with one attached hydrogen (secondary N) is 2. The fraction of sp³-hybridized carbons (Fsp3) is 0.500. The van der Waals surface area contributed by atoms with Crippen LogP contribution in [0.5, 0.6) is 0 Å². The Labute approximate surface area is 82.2 Å². The Bertz CT molecular complexity index is 227. The molecule has 0 atom stereocenters. The third-order valence-electron chi connectivity index (χ3n) is 1.15. The van der Waals surface area contributed by atoms with Crippen LogP contribution in [-0.4, -0.2) is 32.3 Å². The first-order chi connectivity index (χ1) is 6.57. The zero-order chi connectivity index (χ0) is 11.0. The molecule has 2 N–H and O–H groups in total. The van der Waals surface area contributed by atoms with Crippen LogP contribution in [0.25, 0.3) is 0 Å². The van der Waals surface area contributed by atoms with Crippen molar-refractivity contribution in [2.45, 2.75) is 6.92 Å². The minimum absolute atomic E-state index is 0.0878. The summed E-state index contributed by atoms with van der Waals surface area (Å²) < 4.78 is 4.70. The van der Waals surface area contributed by atoms with Gasteiger partial charge in [-0.15, -0.1) is 0 Å². The predicted molar refractivity (Wildman–Crippen MR) is 49.3 cm³/mol. The summed E-state index contributed by atoms with van der Waals surface area (Å²) in [5, 5.41) is 2.35. The van der Waals surface area contributed by atoms with Gasteiger partial charge in [-0.3, -0.25) is 0 Å². The van der Waals surface area contributed by atoms with Gasteiger partial charge in [0.2, 0.25) is 0 Å². The second-order valence-corrected chi connectivity index (χ2v) is 2.44. The van der Waals surface area contributed by atoms with Crippen LogP contribution < -0.4 is 10.8 Å². The van der Waals surface area contributed by atoms with E-state index in [1.165, 1.54) is 7.05 Å². The van der Waals surface area contributed by atoms with E-state index in [9.17, 15) is 9.59 Å². The van der Waals surface area contributed by atoms with E-state index in [1.54, 1.807) is 6.92 Å². The maximum Gasteiger partial charge on any atom is 0.426 e. The van der Waals surface area contributed by atoms with E-state index in [-0.39, 0.29) is 13.2 Å². The maximum absolute atomic E-state index is 10.8. The summed E-state index contributed by atoms with van der Waals surface area (Å²) in [6.07, 6.45) is -0.626. The summed E-state index contributed by atoms with van der Waals surface area (Å²) in [6.45, 7) is 5.23. The van der Waals surface area contributed by atoms with Crippen molar-refractivity contribution in [3.63, 3.8) is 0 Å². The number of amides is 1. The van der Waals surface area contributed by atoms with Crippen molar-refractivity contribution < 1.29 is 19.2 Å². The monoisotopic (exact) mass is 202 g/mol. The van der Waals surface area contributed by atoms with E-state index >= 15 is 0 Å². The molecule has 0 radical (unpaired) electrons. The third kappa shape index (κ3) is 6.01. The molecule has 0 aromatic carbocycles. The number of carbonyl (C=O) groups excluding carboxylic acids is 2. The molecule has 0 aliphatic rings. The van der Waals surface area contributed by atoms with Gasteiger partial charge in [-0.2, -0.15) is 5.48 Å². The van der Waals surface area contributed by atoms with Gasteiger partial charge in [-0.05, 0) is 6.92 Å². The molecule has 80 valence electrons. The lowest BCUT2D eigenvalue weighted by molar-refractivity contribution is -0.138. The van der Waals surface area contributed by atoms with Crippen LogP contribution in [0.15, 0.2) is 12.2 Å². The average Bonchev–Trinajstić information content (AvgIpc) is 2.12. The largest absolute Gasteiger partial charge is 0.460 e. The van der Waals surface area contributed by atoms with Gasteiger partial charge in [-0.1, -0.05) is 6.58 Å². The zero-order valence-electron chi connectivity index (χ0n) is 8.25. The highest BCUT2D eigenvalue weighted by molar-refractivity contribution is 5.86. The van der Waals surface area contributed by atoms with Crippen molar-refractivity contribution in [3.8, 4) is 0 Å². The number of hydrogen-bond donors (Lipinski definition) is 2. The Morgan fingerprint density at radius 3 is 2.57 bits per heavy atom. The van der Waals surface area contributed by atoms with Crippen molar-refractivity contribution >= 4 is 12.1 Å². The average molecular weight is 202 g/mol. The Morgan fingerprint density at radius 1 is 1.43 bits per heavy atom. The Kier molecular flexibility index (Phi) is 6.13. The number of carbonyl (C=O) groups is 2. The molecule has 0 heterocycles. The first kappa shape index (κ1) is 12.4. The van der Waals surface area contributed by atoms with Crippen LogP contribution in [0.1, 0.15) is 6.92 Å². The zero-order valence-corrected chi connectivity index (χ0v) is 8.25. The summed E-state index contributed by atoms with van der Waals surface area (Å²) in [5.74, 6) is -0.478. The highest BCUT2D eigenvalue weighted by Crippen LogP contribution is 1.90. The van der Waals surface area contributed by atoms with E-state index in [4.69, 9.17) is 4.74 Å². The van der Waals surface area contributed by atoms with Gasteiger partial charge in [0, 0.05) is 12.6 Å². The highest BCUT2D eigenvalue weighted by Gasteiger charge is 2.03. The summed E-state index contributed by atoms with van der Waals surface area (Å²) >= 11 is 0. The standard InChI is InChI=1S/C8H14N2O4/c1-6(2)7(11)13-5-4-10-8(12)14-9-3/h9H,1,4-5H2,2-3H3,(H,10,12). The number of ether oxygens (including phenoxy) is 1. The lowest BCUT2D eigenvalue weighted by Crippen LogP contribution is -2.31. The number of hydrogen-bond acceptors (Lipinski definition) is 5. The molecule has 0 rings (SSSR count). The van der Waals surface area contributed by atoms with Crippen molar-refractivity contribution in [3.05, 3.63) is 12.2 Å². The SMILES string of the molecule is C=C(C)C(=O)OCCNC(=O)ONC. The molecule has 6 nitrogen and oxygen atoms in total. The number of rotatable bonds is 5. The minimum atomic E-state index is -0.626. The Balaban J connectivity index is 3.42. The molecule has 0 spiro atoms. The molecule has 0 saturated heterocycles. The molecule has 0 aromatic heterocycles. The second-order valence-electron chi connectivity index (χ2n) is 2.44. The van der Waals surface area contributed by atoms with Gasteiger partial charge in [0.15, 0.2) is 0 Å². The summed E-state index contributed by atoms with van der Waals surface area (Å²) in [7, 11) is 1.46. The van der Waals surface area contributed by atoms with E-state index in [0.717, 1.165) is 0 Å². The summed E-state index contributed by atoms with van der Waals surface area (Å²) in [6, 6.07) is 0. The molecule has 0 aliphatic carbocycles. The highest BCUT2D eigenvalue weighted by atomic mass is 16.7. The summed E-state index contributed by atoms with van der Waals surface area (Å²) in [4.78, 5) is 25.8. The topological polar surface area (TPSA) is 76.7 Å². The molecule has 6 heteroatoms. The molecule has 1 amide bonds. The van der Waals surface area contributed by atoms with Crippen LogP contribution in [0.2, 0.25) is 0 Å². The van der Waals surface area contributed by atoms with Crippen molar-refractivity contribution in [2.24, 2.45) is 0 Å². The van der Waals surface area contributed by atoms with Gasteiger partial charge in [-0.25, -0.2) is 9.59 Å². The van der Waals surface area contributed by atoms with Crippen LogP contribution in [-0.2, 0) is 14.4 Å². The molecule has 0 unspecified atom stereocenters. The van der Waals surface area contributed by atoms with Crippen molar-refractivity contribution in [1.29, 1.82) is 0 Å². The lowest BCUT2D eigenvalue weighted by Gasteiger charge is -2.05. The Hall–Kier alpha value is -1.56. The minimum Gasteiger partial charge on any atom is -0.460 e. The molecule has 0 fully saturated rings. The van der Waals surface area contributed by atoms with Crippen LogP contribution >= 0.6 is 0 Å². The van der Waals surface area contributed by atoms with Crippen LogP contribution in [0.3, 0.4) is 0 Å². The molecule has 0 saturated carbocycles. The molecule has 0 aliphatic heterocycles. The smallest absolute Gasteiger partial charge is 0.426 e. The first-order valence-electron chi connectivity index (χ1n) is 4.02. The second kappa shape index (κ2) is 6.90. The Morgan fingerprint density at radius 2 is 2.07 bits per heavy atom. The van der Waals surface area contributed by atoms with Gasteiger partial charge in [0.1, 0.15) is 6.61 Å². The molecular formula is C8H14N2O4. The van der Waals surface area contributed by atoms with Gasteiger partial charge < -0.3 is 14.9 Å². The van der Waals surface area contributed by atoms with Gasteiger partial charge in [0.25, 0.3) is 0 Å². The fourth-order valence-corrected chi connectivity index (χ4v) is 0.549. The van der Waals surface area contributed by atoms with Gasteiger partial charge >= 0.3 is 12.1 Å². The van der Waals surface area contributed by atoms with Crippen molar-refractivity contribution in [1.82, 2.24) is 10.8 Å². The van der Waals surface area contributed by atoms with E-state index in [0.29, 0.717) is 5.57 Å². The number of esters is 1. The third-order valence-corrected chi connectivity index (χ3v) is 1.15. The quantitative estimate of drug-likeness (QED) is 0.283. The fourth-order valence-electron chi connectivity index (χ4n) is 0.549. The lowest BCUT2D eigenvalue weighted by atomic mass is 10.4. The normalized spacial score (nSPS) is 9.00.